The van der Waals surface area contributed by atoms with Gasteiger partial charge in [0.1, 0.15) is 5.69 Å². The van der Waals surface area contributed by atoms with Crippen LogP contribution >= 0.6 is 23.2 Å². The monoisotopic (exact) mass is 656 g/mol. The Bertz CT molecular complexity index is 1400. The van der Waals surface area contributed by atoms with Gasteiger partial charge < -0.3 is 25.1 Å². The standard InChI is InChI=1S/C33H42Cl2N6O4/c34-27-7-5-23(21-28(27)35)22-31(32(42)39-17-11-26(12-18-39)38-19-13-36-14-20-38)45-33(43)40-15-9-25(10-16-40)30-8-6-24-3-1-2-4-29(24)37-41(30)44/h1-5,7,21,25-26,31,36-37H,6,8-20,22H2. The van der Waals surface area contributed by atoms with Gasteiger partial charge in [-0.1, -0.05) is 52.3 Å². The summed E-state index contributed by atoms with van der Waals surface area (Å²) in [6.45, 7) is 6.24. The molecule has 1 unspecified atom stereocenters. The highest BCUT2D eigenvalue weighted by molar-refractivity contribution is 6.42. The SMILES string of the molecule is O=C(OC(Cc1ccc(Cl)c(Cl)c1)C(=O)N1CCC(N2CCNCC2)CC1)N1CCC(C2=[N+]([O-])Nc3ccccc3CC2)CC1. The zero-order valence-electron chi connectivity index (χ0n) is 25.6. The number of benzene rings is 2. The van der Waals surface area contributed by atoms with Gasteiger partial charge in [0.25, 0.3) is 5.91 Å². The molecule has 0 radical (unpaired) electrons. The lowest BCUT2D eigenvalue weighted by molar-refractivity contribution is -0.426. The highest BCUT2D eigenvalue weighted by Gasteiger charge is 2.36. The third kappa shape index (κ3) is 7.68. The van der Waals surface area contributed by atoms with Crippen LogP contribution in [0.4, 0.5) is 10.5 Å². The zero-order valence-corrected chi connectivity index (χ0v) is 27.1. The number of piperazine rings is 1. The molecule has 3 saturated heterocycles. The van der Waals surface area contributed by atoms with Crippen LogP contribution in [0.1, 0.15) is 43.2 Å². The molecule has 2 N–H and O–H groups in total. The first kappa shape index (κ1) is 31.9. The maximum absolute atomic E-state index is 13.9. The summed E-state index contributed by atoms with van der Waals surface area (Å²) in [6.07, 6.45) is 3.34. The molecule has 0 aliphatic carbocycles. The summed E-state index contributed by atoms with van der Waals surface area (Å²) in [6, 6.07) is 13.6. The number of hydrazone groups is 1. The predicted molar refractivity (Wildman–Crippen MR) is 176 cm³/mol. The number of hydrazine groups is 1. The van der Waals surface area contributed by atoms with Gasteiger partial charge in [-0.15, -0.1) is 0 Å². The number of nitrogens with zero attached hydrogens (tertiary/aromatic N) is 4. The van der Waals surface area contributed by atoms with Gasteiger partial charge in [0.15, 0.2) is 11.8 Å². The summed E-state index contributed by atoms with van der Waals surface area (Å²) in [5, 5.41) is 17.2. The third-order valence-electron chi connectivity index (χ3n) is 9.74. The number of ether oxygens (including phenoxy) is 1. The number of hydrogen-bond acceptors (Lipinski definition) is 7. The van der Waals surface area contributed by atoms with E-state index in [0.29, 0.717) is 61.5 Å². The molecule has 2 aromatic carbocycles. The highest BCUT2D eigenvalue weighted by atomic mass is 35.5. The fraction of sp³-hybridized carbons (Fsp3) is 0.545. The molecular weight excluding hydrogens is 615 g/mol. The average molecular weight is 658 g/mol. The van der Waals surface area contributed by atoms with E-state index in [-0.39, 0.29) is 18.2 Å². The molecule has 3 fully saturated rings. The lowest BCUT2D eigenvalue weighted by Crippen LogP contribution is -2.54. The third-order valence-corrected chi connectivity index (χ3v) is 10.5. The summed E-state index contributed by atoms with van der Waals surface area (Å²) in [7, 11) is 0. The van der Waals surface area contributed by atoms with E-state index in [2.05, 4.69) is 15.6 Å². The number of anilines is 1. The van der Waals surface area contributed by atoms with Crippen LogP contribution in [0.25, 0.3) is 0 Å². The maximum atomic E-state index is 13.9. The van der Waals surface area contributed by atoms with Crippen molar-refractivity contribution in [1.82, 2.24) is 20.0 Å². The molecule has 2 aromatic rings. The fourth-order valence-corrected chi connectivity index (χ4v) is 7.44. The van der Waals surface area contributed by atoms with Gasteiger partial charge in [-0.3, -0.25) is 9.69 Å². The Morgan fingerprint density at radius 3 is 2.36 bits per heavy atom. The average Bonchev–Trinajstić information content (AvgIpc) is 3.24. The van der Waals surface area contributed by atoms with Crippen molar-refractivity contribution in [2.75, 3.05) is 57.8 Å². The second-order valence-electron chi connectivity index (χ2n) is 12.5. The molecule has 242 valence electrons. The van der Waals surface area contributed by atoms with Crippen LogP contribution in [0.5, 0.6) is 0 Å². The van der Waals surface area contributed by atoms with Crippen LogP contribution in [-0.4, -0.2) is 102 Å². The van der Waals surface area contributed by atoms with Crippen LogP contribution in [0.3, 0.4) is 0 Å². The summed E-state index contributed by atoms with van der Waals surface area (Å²) in [5.41, 5.74) is 6.55. The summed E-state index contributed by atoms with van der Waals surface area (Å²) in [4.78, 5) is 34.3. The molecule has 4 heterocycles. The highest BCUT2D eigenvalue weighted by Crippen LogP contribution is 2.28. The van der Waals surface area contributed by atoms with Crippen molar-refractivity contribution in [3.63, 3.8) is 0 Å². The second kappa shape index (κ2) is 14.6. The number of nitrogens with one attached hydrogen (secondary N) is 2. The molecule has 0 aromatic heterocycles. The molecule has 0 bridgehead atoms. The number of para-hydroxylation sites is 1. The Morgan fingerprint density at radius 2 is 1.62 bits per heavy atom. The van der Waals surface area contributed by atoms with Crippen molar-refractivity contribution in [3.8, 4) is 0 Å². The van der Waals surface area contributed by atoms with Crippen molar-refractivity contribution in [3.05, 3.63) is 68.8 Å². The van der Waals surface area contributed by atoms with E-state index in [4.69, 9.17) is 27.9 Å². The molecular formula is C33H42Cl2N6O4. The van der Waals surface area contributed by atoms with Crippen LogP contribution in [0.2, 0.25) is 10.0 Å². The van der Waals surface area contributed by atoms with E-state index in [1.807, 2.05) is 35.2 Å². The number of likely N-dealkylation sites (tertiary alicyclic amines) is 2. The first-order chi connectivity index (χ1) is 21.9. The molecule has 45 heavy (non-hydrogen) atoms. The van der Waals surface area contributed by atoms with E-state index < -0.39 is 12.2 Å². The van der Waals surface area contributed by atoms with Crippen molar-refractivity contribution in [1.29, 1.82) is 0 Å². The van der Waals surface area contributed by atoms with Gasteiger partial charge in [0, 0.05) is 77.2 Å². The molecule has 4 aliphatic heterocycles. The summed E-state index contributed by atoms with van der Waals surface area (Å²) in [5.74, 6) is -0.108. The van der Waals surface area contributed by atoms with Gasteiger partial charge in [-0.05, 0) is 61.4 Å². The first-order valence-electron chi connectivity index (χ1n) is 16.2. The second-order valence-corrected chi connectivity index (χ2v) is 13.3. The minimum Gasteiger partial charge on any atom is -0.596 e. The Balaban J connectivity index is 1.08. The molecule has 6 rings (SSSR count). The van der Waals surface area contributed by atoms with Crippen LogP contribution < -0.4 is 10.7 Å². The molecule has 1 atom stereocenters. The Hall–Kier alpha value is -3.05. The summed E-state index contributed by atoms with van der Waals surface area (Å²) >= 11 is 12.4. The minimum atomic E-state index is -0.973. The van der Waals surface area contributed by atoms with Crippen LogP contribution in [0.15, 0.2) is 42.5 Å². The summed E-state index contributed by atoms with van der Waals surface area (Å²) < 4.78 is 6.00. The smallest absolute Gasteiger partial charge is 0.410 e. The van der Waals surface area contributed by atoms with Gasteiger partial charge >= 0.3 is 6.09 Å². The van der Waals surface area contributed by atoms with Gasteiger partial charge in [-0.25, -0.2) is 4.79 Å². The number of fused-ring (bicyclic) bond motifs is 1. The van der Waals surface area contributed by atoms with Crippen molar-refractivity contribution < 1.29 is 19.2 Å². The van der Waals surface area contributed by atoms with Gasteiger partial charge in [0.2, 0.25) is 0 Å². The Morgan fingerprint density at radius 1 is 0.911 bits per heavy atom. The molecule has 0 saturated carbocycles. The van der Waals surface area contributed by atoms with Crippen molar-refractivity contribution >= 4 is 46.6 Å². The van der Waals surface area contributed by atoms with E-state index in [9.17, 15) is 14.8 Å². The van der Waals surface area contributed by atoms with E-state index >= 15 is 0 Å². The first-order valence-corrected chi connectivity index (χ1v) is 16.9. The number of rotatable bonds is 6. The van der Waals surface area contributed by atoms with Crippen molar-refractivity contribution in [2.24, 2.45) is 5.92 Å². The van der Waals surface area contributed by atoms with E-state index in [0.717, 1.165) is 72.8 Å². The molecule has 10 nitrogen and oxygen atoms in total. The lowest BCUT2D eigenvalue weighted by Gasteiger charge is -2.41. The number of carbonyl (C=O) groups is 2. The topological polar surface area (TPSA) is 103 Å². The lowest BCUT2D eigenvalue weighted by atomic mass is 9.89. The van der Waals surface area contributed by atoms with Gasteiger partial charge in [-0.2, -0.15) is 5.43 Å². The zero-order chi connectivity index (χ0) is 31.3. The fourth-order valence-electron chi connectivity index (χ4n) is 7.12. The van der Waals surface area contributed by atoms with Crippen LogP contribution in [-0.2, 0) is 22.4 Å². The number of aryl methyl sites for hydroxylation is 1. The maximum Gasteiger partial charge on any atom is 0.410 e. The predicted octanol–water partition coefficient (Wildman–Crippen LogP) is 4.57. The number of piperidine rings is 2. The number of amides is 2. The molecule has 2 amide bonds. The van der Waals surface area contributed by atoms with Crippen molar-refractivity contribution in [2.45, 2.75) is 57.1 Å². The molecule has 4 aliphatic rings. The number of hydrogen-bond donors (Lipinski definition) is 2. The largest absolute Gasteiger partial charge is 0.596 e. The Labute approximate surface area is 274 Å². The number of halogens is 2. The minimum absolute atomic E-state index is 0.0685. The molecule has 12 heteroatoms. The normalized spacial score (nSPS) is 21.1. The quantitative estimate of drug-likeness (QED) is 0.347. The number of carbonyl (C=O) groups excluding carboxylic acids is 2. The van der Waals surface area contributed by atoms with Crippen LogP contribution in [0, 0.1) is 11.1 Å². The Kier molecular flexibility index (Phi) is 10.3. The van der Waals surface area contributed by atoms with E-state index in [1.54, 1.807) is 17.0 Å². The van der Waals surface area contributed by atoms with Gasteiger partial charge in [0.05, 0.1) is 10.0 Å². The van der Waals surface area contributed by atoms with E-state index in [1.165, 1.54) is 0 Å². The molecule has 0 spiro atoms.